The molecule has 0 saturated carbocycles. The van der Waals surface area contributed by atoms with Crippen LogP contribution in [-0.4, -0.2) is 30.1 Å². The average Bonchev–Trinajstić information content (AvgIpc) is 2.73. The molecule has 102 valence electrons. The molecular weight excluding hydrogens is 251 g/mol. The number of halogens is 1. The second kappa shape index (κ2) is 4.53. The van der Waals surface area contributed by atoms with Crippen LogP contribution in [0.15, 0.2) is 18.2 Å². The summed E-state index contributed by atoms with van der Waals surface area (Å²) in [5.41, 5.74) is 4.94. The molecule has 1 aromatic rings. The van der Waals surface area contributed by atoms with E-state index in [1.54, 1.807) is 11.8 Å². The van der Waals surface area contributed by atoms with Gasteiger partial charge in [-0.15, -0.1) is 0 Å². The second-order valence-corrected chi connectivity index (χ2v) is 5.06. The molecule has 1 atom stereocenters. The third-order valence-corrected chi connectivity index (χ3v) is 3.55. The molecule has 0 aromatic heterocycles. The van der Waals surface area contributed by atoms with Crippen molar-refractivity contribution in [3.8, 4) is 0 Å². The molecule has 1 aliphatic rings. The van der Waals surface area contributed by atoms with Crippen molar-refractivity contribution in [2.75, 3.05) is 18.0 Å². The van der Waals surface area contributed by atoms with Crippen LogP contribution >= 0.6 is 0 Å². The maximum Gasteiger partial charge on any atom is 0.311 e. The van der Waals surface area contributed by atoms with Gasteiger partial charge in [-0.3, -0.25) is 9.59 Å². The number of nitrogens with zero attached hydrogens (tertiary/aromatic N) is 1. The van der Waals surface area contributed by atoms with E-state index in [2.05, 4.69) is 0 Å². The van der Waals surface area contributed by atoms with Crippen LogP contribution in [-0.2, 0) is 4.79 Å². The molecule has 0 aliphatic carbocycles. The molecule has 1 fully saturated rings. The predicted octanol–water partition coefficient (Wildman–Crippen LogP) is 1.23. The molecule has 6 heteroatoms. The molecule has 19 heavy (non-hydrogen) atoms. The summed E-state index contributed by atoms with van der Waals surface area (Å²) in [5, 5.41) is 9.18. The molecule has 1 aliphatic heterocycles. The third-order valence-electron chi connectivity index (χ3n) is 3.55. The number of carboxylic acids is 1. The van der Waals surface area contributed by atoms with E-state index in [0.717, 1.165) is 6.07 Å². The number of anilines is 1. The van der Waals surface area contributed by atoms with Gasteiger partial charge in [-0.25, -0.2) is 4.39 Å². The molecule has 1 saturated heterocycles. The zero-order valence-corrected chi connectivity index (χ0v) is 10.5. The monoisotopic (exact) mass is 266 g/mol. The molecule has 2 rings (SSSR count). The average molecular weight is 266 g/mol. The summed E-state index contributed by atoms with van der Waals surface area (Å²) in [7, 11) is 0. The van der Waals surface area contributed by atoms with Gasteiger partial charge < -0.3 is 15.7 Å². The zero-order chi connectivity index (χ0) is 14.2. The summed E-state index contributed by atoms with van der Waals surface area (Å²) < 4.78 is 13.2. The smallest absolute Gasteiger partial charge is 0.311 e. The van der Waals surface area contributed by atoms with Gasteiger partial charge in [0.1, 0.15) is 5.82 Å². The standard InChI is InChI=1S/C13H15FN2O3/c1-13(12(18)19)4-5-16(7-13)10-3-2-8(14)6-9(10)11(15)17/h2-3,6H,4-5,7H2,1H3,(H2,15,17)(H,18,19). The van der Waals surface area contributed by atoms with E-state index in [1.807, 2.05) is 0 Å². The molecule has 0 bridgehead atoms. The van der Waals surface area contributed by atoms with E-state index in [9.17, 15) is 19.1 Å². The summed E-state index contributed by atoms with van der Waals surface area (Å²) in [6.45, 7) is 2.42. The van der Waals surface area contributed by atoms with E-state index in [0.29, 0.717) is 18.7 Å². The lowest BCUT2D eigenvalue weighted by atomic mass is 9.90. The number of carbonyl (C=O) groups is 2. The predicted molar refractivity (Wildman–Crippen MR) is 67.5 cm³/mol. The summed E-state index contributed by atoms with van der Waals surface area (Å²) in [6.07, 6.45) is 0.470. The number of nitrogens with two attached hydrogens (primary N) is 1. The van der Waals surface area contributed by atoms with Crippen LogP contribution < -0.4 is 10.6 Å². The van der Waals surface area contributed by atoms with Crippen molar-refractivity contribution in [2.24, 2.45) is 11.1 Å². The van der Waals surface area contributed by atoms with Gasteiger partial charge in [0, 0.05) is 18.8 Å². The Balaban J connectivity index is 2.34. The largest absolute Gasteiger partial charge is 0.481 e. The Kier molecular flexibility index (Phi) is 3.18. The van der Waals surface area contributed by atoms with Crippen LogP contribution in [0.5, 0.6) is 0 Å². The van der Waals surface area contributed by atoms with Crippen LogP contribution in [0.3, 0.4) is 0 Å². The van der Waals surface area contributed by atoms with Gasteiger partial charge in [0.15, 0.2) is 0 Å². The number of primary amides is 1. The topological polar surface area (TPSA) is 83.6 Å². The number of amides is 1. The fourth-order valence-electron chi connectivity index (χ4n) is 2.32. The summed E-state index contributed by atoms with van der Waals surface area (Å²) >= 11 is 0. The Morgan fingerprint density at radius 2 is 2.16 bits per heavy atom. The fourth-order valence-corrected chi connectivity index (χ4v) is 2.32. The van der Waals surface area contributed by atoms with Gasteiger partial charge in [-0.05, 0) is 31.5 Å². The third kappa shape index (κ3) is 2.38. The van der Waals surface area contributed by atoms with Gasteiger partial charge in [0.05, 0.1) is 11.0 Å². The molecule has 1 aromatic carbocycles. The van der Waals surface area contributed by atoms with Gasteiger partial charge in [-0.2, -0.15) is 0 Å². The maximum atomic E-state index is 13.2. The molecular formula is C13H15FN2O3. The molecule has 1 heterocycles. The first-order chi connectivity index (χ1) is 8.83. The van der Waals surface area contributed by atoms with Gasteiger partial charge in [0.25, 0.3) is 5.91 Å². The highest BCUT2D eigenvalue weighted by atomic mass is 19.1. The van der Waals surface area contributed by atoms with E-state index in [-0.39, 0.29) is 12.1 Å². The Morgan fingerprint density at radius 1 is 1.47 bits per heavy atom. The number of hydrogen-bond donors (Lipinski definition) is 2. The first-order valence-electron chi connectivity index (χ1n) is 5.91. The fraction of sp³-hybridized carbons (Fsp3) is 0.385. The highest BCUT2D eigenvalue weighted by Crippen LogP contribution is 2.35. The number of carbonyl (C=O) groups excluding carboxylic acids is 1. The lowest BCUT2D eigenvalue weighted by molar-refractivity contribution is -0.146. The molecule has 0 spiro atoms. The zero-order valence-electron chi connectivity index (χ0n) is 10.5. The van der Waals surface area contributed by atoms with E-state index in [1.165, 1.54) is 12.1 Å². The normalized spacial score (nSPS) is 22.5. The lowest BCUT2D eigenvalue weighted by Gasteiger charge is -2.23. The maximum absolute atomic E-state index is 13.2. The van der Waals surface area contributed by atoms with Crippen molar-refractivity contribution in [3.05, 3.63) is 29.6 Å². The lowest BCUT2D eigenvalue weighted by Crippen LogP contribution is -2.32. The first kappa shape index (κ1) is 13.3. The van der Waals surface area contributed by atoms with Crippen LogP contribution in [0, 0.1) is 11.2 Å². The molecule has 3 N–H and O–H groups in total. The van der Waals surface area contributed by atoms with Crippen molar-refractivity contribution in [3.63, 3.8) is 0 Å². The van der Waals surface area contributed by atoms with Crippen molar-refractivity contribution in [1.29, 1.82) is 0 Å². The van der Waals surface area contributed by atoms with Gasteiger partial charge >= 0.3 is 5.97 Å². The minimum absolute atomic E-state index is 0.0784. The SMILES string of the molecule is CC1(C(=O)O)CCN(c2ccc(F)cc2C(N)=O)C1. The Labute approximate surface area is 109 Å². The summed E-state index contributed by atoms with van der Waals surface area (Å²) in [6, 6.07) is 3.77. The molecule has 5 nitrogen and oxygen atoms in total. The quantitative estimate of drug-likeness (QED) is 0.861. The highest BCUT2D eigenvalue weighted by molar-refractivity contribution is 5.98. The number of aliphatic carboxylic acids is 1. The van der Waals surface area contributed by atoms with Crippen LogP contribution in [0.1, 0.15) is 23.7 Å². The Bertz CT molecular complexity index is 547. The number of rotatable bonds is 3. The number of benzene rings is 1. The Morgan fingerprint density at radius 3 is 2.68 bits per heavy atom. The molecule has 0 radical (unpaired) electrons. The van der Waals surface area contributed by atoms with E-state index >= 15 is 0 Å². The van der Waals surface area contributed by atoms with Crippen molar-refractivity contribution < 1.29 is 19.1 Å². The van der Waals surface area contributed by atoms with Crippen molar-refractivity contribution in [1.82, 2.24) is 0 Å². The summed E-state index contributed by atoms with van der Waals surface area (Å²) in [4.78, 5) is 24.3. The highest BCUT2D eigenvalue weighted by Gasteiger charge is 2.41. The molecule has 1 amide bonds. The van der Waals surface area contributed by atoms with Gasteiger partial charge in [0.2, 0.25) is 0 Å². The van der Waals surface area contributed by atoms with Crippen molar-refractivity contribution in [2.45, 2.75) is 13.3 Å². The van der Waals surface area contributed by atoms with E-state index < -0.39 is 23.1 Å². The summed E-state index contributed by atoms with van der Waals surface area (Å²) in [5.74, 6) is -2.14. The number of hydrogen-bond acceptors (Lipinski definition) is 3. The minimum Gasteiger partial charge on any atom is -0.481 e. The van der Waals surface area contributed by atoms with Crippen LogP contribution in [0.4, 0.5) is 10.1 Å². The van der Waals surface area contributed by atoms with Crippen LogP contribution in [0.25, 0.3) is 0 Å². The minimum atomic E-state index is -0.877. The molecule has 1 unspecified atom stereocenters. The second-order valence-electron chi connectivity index (χ2n) is 5.06. The van der Waals surface area contributed by atoms with E-state index in [4.69, 9.17) is 5.73 Å². The van der Waals surface area contributed by atoms with Crippen LogP contribution in [0.2, 0.25) is 0 Å². The Hall–Kier alpha value is -2.11. The first-order valence-corrected chi connectivity index (χ1v) is 5.91. The number of carboxylic acid groups (broad SMARTS) is 1. The van der Waals surface area contributed by atoms with Crippen molar-refractivity contribution >= 4 is 17.6 Å². The van der Waals surface area contributed by atoms with Gasteiger partial charge in [-0.1, -0.05) is 0 Å².